The maximum absolute atomic E-state index is 3.84. The predicted molar refractivity (Wildman–Crippen MR) is 76.2 cm³/mol. The van der Waals surface area contributed by atoms with Gasteiger partial charge in [-0.1, -0.05) is 52.8 Å². The van der Waals surface area contributed by atoms with Crippen LogP contribution in [-0.4, -0.2) is 30.6 Å². The zero-order valence-corrected chi connectivity index (χ0v) is 11.6. The van der Waals surface area contributed by atoms with Gasteiger partial charge in [0.1, 0.15) is 0 Å². The van der Waals surface area contributed by atoms with E-state index in [1.165, 1.54) is 18.5 Å². The van der Waals surface area contributed by atoms with Gasteiger partial charge in [-0.2, -0.15) is 0 Å². The SMILES string of the molecule is C=C(Br)CNC1CCN(Cc2ccccc2)C1. The molecule has 1 heterocycles. The number of halogens is 1. The van der Waals surface area contributed by atoms with Gasteiger partial charge in [-0.05, 0) is 12.0 Å². The molecular formula is C14H19BrN2. The van der Waals surface area contributed by atoms with Gasteiger partial charge in [0.25, 0.3) is 0 Å². The molecule has 0 aromatic heterocycles. The topological polar surface area (TPSA) is 15.3 Å². The maximum Gasteiger partial charge on any atom is 0.0268 e. The van der Waals surface area contributed by atoms with E-state index < -0.39 is 0 Å². The Labute approximate surface area is 112 Å². The summed E-state index contributed by atoms with van der Waals surface area (Å²) in [4.78, 5) is 2.50. The Balaban J connectivity index is 1.76. The zero-order valence-electron chi connectivity index (χ0n) is 10.0. The molecule has 0 amide bonds. The maximum atomic E-state index is 3.84. The average molecular weight is 295 g/mol. The number of hydrogen-bond donors (Lipinski definition) is 1. The van der Waals surface area contributed by atoms with Crippen LogP contribution in [0.5, 0.6) is 0 Å². The number of nitrogens with one attached hydrogen (secondary N) is 1. The minimum Gasteiger partial charge on any atom is -0.308 e. The summed E-state index contributed by atoms with van der Waals surface area (Å²) in [7, 11) is 0. The first-order valence-corrected chi connectivity index (χ1v) is 6.86. The Bertz CT molecular complexity index is 364. The Morgan fingerprint density at radius 1 is 1.41 bits per heavy atom. The van der Waals surface area contributed by atoms with Crippen LogP contribution < -0.4 is 5.32 Å². The van der Waals surface area contributed by atoms with Crippen molar-refractivity contribution in [2.75, 3.05) is 19.6 Å². The second-order valence-corrected chi connectivity index (χ2v) is 5.73. The van der Waals surface area contributed by atoms with Crippen LogP contribution >= 0.6 is 15.9 Å². The molecule has 0 bridgehead atoms. The number of likely N-dealkylation sites (tertiary alicyclic amines) is 1. The fraction of sp³-hybridized carbons (Fsp3) is 0.429. The number of rotatable bonds is 5. The first-order valence-electron chi connectivity index (χ1n) is 6.07. The van der Waals surface area contributed by atoms with Gasteiger partial charge in [0, 0.05) is 36.7 Å². The fourth-order valence-corrected chi connectivity index (χ4v) is 2.40. The molecule has 1 aromatic carbocycles. The lowest BCUT2D eigenvalue weighted by atomic mass is 10.2. The summed E-state index contributed by atoms with van der Waals surface area (Å²) in [5.41, 5.74) is 1.40. The largest absolute Gasteiger partial charge is 0.308 e. The van der Waals surface area contributed by atoms with Crippen LogP contribution in [0, 0.1) is 0 Å². The molecule has 1 unspecified atom stereocenters. The smallest absolute Gasteiger partial charge is 0.0268 e. The quantitative estimate of drug-likeness (QED) is 0.898. The van der Waals surface area contributed by atoms with Crippen molar-refractivity contribution >= 4 is 15.9 Å². The Kier molecular flexibility index (Phi) is 4.77. The normalized spacial score (nSPS) is 20.6. The van der Waals surface area contributed by atoms with Crippen LogP contribution in [0.4, 0.5) is 0 Å². The van der Waals surface area contributed by atoms with Gasteiger partial charge >= 0.3 is 0 Å². The number of nitrogens with zero attached hydrogens (tertiary/aromatic N) is 1. The molecule has 1 aliphatic rings. The molecule has 92 valence electrons. The third-order valence-corrected chi connectivity index (χ3v) is 3.38. The van der Waals surface area contributed by atoms with Crippen molar-refractivity contribution in [3.63, 3.8) is 0 Å². The van der Waals surface area contributed by atoms with Crippen molar-refractivity contribution in [3.8, 4) is 0 Å². The molecule has 1 fully saturated rings. The molecule has 17 heavy (non-hydrogen) atoms. The van der Waals surface area contributed by atoms with Crippen LogP contribution in [0.1, 0.15) is 12.0 Å². The van der Waals surface area contributed by atoms with E-state index in [-0.39, 0.29) is 0 Å². The number of benzene rings is 1. The Morgan fingerprint density at radius 2 is 2.18 bits per heavy atom. The molecule has 1 saturated heterocycles. The molecule has 1 aliphatic heterocycles. The van der Waals surface area contributed by atoms with Crippen molar-refractivity contribution in [2.24, 2.45) is 0 Å². The van der Waals surface area contributed by atoms with Gasteiger partial charge in [-0.3, -0.25) is 4.90 Å². The Morgan fingerprint density at radius 3 is 2.88 bits per heavy atom. The second-order valence-electron chi connectivity index (χ2n) is 4.60. The van der Waals surface area contributed by atoms with Crippen LogP contribution in [0.3, 0.4) is 0 Å². The van der Waals surface area contributed by atoms with E-state index >= 15 is 0 Å². The summed E-state index contributed by atoms with van der Waals surface area (Å²) in [6.45, 7) is 8.09. The summed E-state index contributed by atoms with van der Waals surface area (Å²) < 4.78 is 1.03. The van der Waals surface area contributed by atoms with Gasteiger partial charge < -0.3 is 5.32 Å². The molecule has 0 radical (unpaired) electrons. The molecule has 1 aromatic rings. The fourth-order valence-electron chi connectivity index (χ4n) is 2.24. The van der Waals surface area contributed by atoms with Crippen LogP contribution in [-0.2, 0) is 6.54 Å². The third kappa shape index (κ3) is 4.26. The van der Waals surface area contributed by atoms with E-state index in [0.717, 1.165) is 24.1 Å². The van der Waals surface area contributed by atoms with Gasteiger partial charge in [0.2, 0.25) is 0 Å². The molecule has 3 heteroatoms. The third-order valence-electron chi connectivity index (χ3n) is 3.10. The van der Waals surface area contributed by atoms with E-state index in [1.54, 1.807) is 0 Å². The minimum atomic E-state index is 0.605. The van der Waals surface area contributed by atoms with Crippen LogP contribution in [0.2, 0.25) is 0 Å². The molecule has 1 atom stereocenters. The number of hydrogen-bond acceptors (Lipinski definition) is 2. The first kappa shape index (κ1) is 12.8. The molecule has 0 saturated carbocycles. The molecule has 2 nitrogen and oxygen atoms in total. The highest BCUT2D eigenvalue weighted by Crippen LogP contribution is 2.13. The molecule has 0 aliphatic carbocycles. The van der Waals surface area contributed by atoms with Crippen LogP contribution in [0.15, 0.2) is 41.4 Å². The average Bonchev–Trinajstić information content (AvgIpc) is 2.75. The highest BCUT2D eigenvalue weighted by molar-refractivity contribution is 9.11. The van der Waals surface area contributed by atoms with Crippen molar-refractivity contribution < 1.29 is 0 Å². The van der Waals surface area contributed by atoms with Gasteiger partial charge in [-0.25, -0.2) is 0 Å². The lowest BCUT2D eigenvalue weighted by Gasteiger charge is -2.16. The summed E-state index contributed by atoms with van der Waals surface area (Å²) >= 11 is 3.38. The summed E-state index contributed by atoms with van der Waals surface area (Å²) in [6.07, 6.45) is 1.23. The monoisotopic (exact) mass is 294 g/mol. The lowest BCUT2D eigenvalue weighted by molar-refractivity contribution is 0.321. The molecule has 0 spiro atoms. The van der Waals surface area contributed by atoms with E-state index in [1.807, 2.05) is 0 Å². The van der Waals surface area contributed by atoms with E-state index in [4.69, 9.17) is 0 Å². The first-order chi connectivity index (χ1) is 8.24. The van der Waals surface area contributed by atoms with Crippen molar-refractivity contribution in [2.45, 2.75) is 19.0 Å². The van der Waals surface area contributed by atoms with E-state index in [9.17, 15) is 0 Å². The predicted octanol–water partition coefficient (Wildman–Crippen LogP) is 2.76. The summed E-state index contributed by atoms with van der Waals surface area (Å²) in [5, 5.41) is 3.51. The van der Waals surface area contributed by atoms with Gasteiger partial charge in [-0.15, -0.1) is 0 Å². The Hall–Kier alpha value is -0.640. The molecule has 2 rings (SSSR count). The summed E-state index contributed by atoms with van der Waals surface area (Å²) in [5.74, 6) is 0. The van der Waals surface area contributed by atoms with Gasteiger partial charge in [0.05, 0.1) is 0 Å². The van der Waals surface area contributed by atoms with Crippen molar-refractivity contribution in [3.05, 3.63) is 47.0 Å². The van der Waals surface area contributed by atoms with Gasteiger partial charge in [0.15, 0.2) is 0 Å². The highest BCUT2D eigenvalue weighted by atomic mass is 79.9. The molecular weight excluding hydrogens is 276 g/mol. The summed E-state index contributed by atoms with van der Waals surface area (Å²) in [6, 6.07) is 11.3. The second kappa shape index (κ2) is 6.34. The highest BCUT2D eigenvalue weighted by Gasteiger charge is 2.21. The zero-order chi connectivity index (χ0) is 12.1. The van der Waals surface area contributed by atoms with Crippen molar-refractivity contribution in [1.29, 1.82) is 0 Å². The standard InChI is InChI=1S/C14H19BrN2/c1-12(15)9-16-14-7-8-17(11-14)10-13-5-3-2-4-6-13/h2-6,14,16H,1,7-11H2. The lowest BCUT2D eigenvalue weighted by Crippen LogP contribution is -2.33. The van der Waals surface area contributed by atoms with Crippen molar-refractivity contribution in [1.82, 2.24) is 10.2 Å². The minimum absolute atomic E-state index is 0.605. The van der Waals surface area contributed by atoms with E-state index in [2.05, 4.69) is 63.1 Å². The molecule has 1 N–H and O–H groups in total. The van der Waals surface area contributed by atoms with E-state index in [0.29, 0.717) is 6.04 Å². The van der Waals surface area contributed by atoms with Crippen LogP contribution in [0.25, 0.3) is 0 Å².